The SMILES string of the molecule is CC1CCC(NC(=O)NC(=O)CCC(=O)O)C(C)C1. The van der Waals surface area contributed by atoms with E-state index in [2.05, 4.69) is 24.5 Å². The zero-order chi connectivity index (χ0) is 14.4. The van der Waals surface area contributed by atoms with Crippen molar-refractivity contribution in [2.45, 2.75) is 52.0 Å². The minimum Gasteiger partial charge on any atom is -0.481 e. The molecular formula is C13H22N2O4. The van der Waals surface area contributed by atoms with Crippen molar-refractivity contribution >= 4 is 17.9 Å². The lowest BCUT2D eigenvalue weighted by Crippen LogP contribution is -2.48. The van der Waals surface area contributed by atoms with Gasteiger partial charge >= 0.3 is 12.0 Å². The molecule has 1 rings (SSSR count). The molecule has 1 aliphatic rings. The van der Waals surface area contributed by atoms with E-state index in [1.807, 2.05) is 0 Å². The van der Waals surface area contributed by atoms with Crippen LogP contribution in [0.2, 0.25) is 0 Å². The first-order valence-corrected chi connectivity index (χ1v) is 6.70. The number of nitrogens with one attached hydrogen (secondary N) is 2. The Morgan fingerprint density at radius 1 is 1.16 bits per heavy atom. The van der Waals surface area contributed by atoms with Crippen molar-refractivity contribution in [1.82, 2.24) is 10.6 Å². The maximum atomic E-state index is 11.6. The fourth-order valence-electron chi connectivity index (χ4n) is 2.49. The van der Waals surface area contributed by atoms with Gasteiger partial charge in [0.05, 0.1) is 6.42 Å². The van der Waals surface area contributed by atoms with Crippen LogP contribution < -0.4 is 10.6 Å². The van der Waals surface area contributed by atoms with E-state index in [0.717, 1.165) is 19.3 Å². The molecule has 0 spiro atoms. The molecule has 108 valence electrons. The first-order chi connectivity index (χ1) is 8.88. The average molecular weight is 270 g/mol. The minimum atomic E-state index is -1.05. The third-order valence-corrected chi connectivity index (χ3v) is 3.57. The molecule has 0 radical (unpaired) electrons. The van der Waals surface area contributed by atoms with E-state index in [1.165, 1.54) is 0 Å². The first-order valence-electron chi connectivity index (χ1n) is 6.70. The van der Waals surface area contributed by atoms with Crippen LogP contribution >= 0.6 is 0 Å². The molecule has 0 aromatic rings. The number of amides is 3. The number of carboxylic acid groups (broad SMARTS) is 1. The molecule has 0 aromatic heterocycles. The van der Waals surface area contributed by atoms with Crippen molar-refractivity contribution in [2.24, 2.45) is 11.8 Å². The highest BCUT2D eigenvalue weighted by Crippen LogP contribution is 2.28. The average Bonchev–Trinajstić information content (AvgIpc) is 2.30. The zero-order valence-electron chi connectivity index (χ0n) is 11.4. The van der Waals surface area contributed by atoms with Crippen molar-refractivity contribution in [3.63, 3.8) is 0 Å². The van der Waals surface area contributed by atoms with Crippen LogP contribution in [0.25, 0.3) is 0 Å². The van der Waals surface area contributed by atoms with E-state index in [-0.39, 0.29) is 18.9 Å². The van der Waals surface area contributed by atoms with Gasteiger partial charge in [-0.3, -0.25) is 14.9 Å². The highest BCUT2D eigenvalue weighted by atomic mass is 16.4. The molecular weight excluding hydrogens is 248 g/mol. The monoisotopic (exact) mass is 270 g/mol. The molecule has 6 heteroatoms. The van der Waals surface area contributed by atoms with Crippen LogP contribution in [-0.4, -0.2) is 29.1 Å². The summed E-state index contributed by atoms with van der Waals surface area (Å²) in [6, 6.07) is -0.440. The van der Waals surface area contributed by atoms with E-state index in [1.54, 1.807) is 0 Å². The summed E-state index contributed by atoms with van der Waals surface area (Å²) >= 11 is 0. The predicted octanol–water partition coefficient (Wildman–Crippen LogP) is 1.50. The van der Waals surface area contributed by atoms with Crippen molar-refractivity contribution in [2.75, 3.05) is 0 Å². The van der Waals surface area contributed by atoms with Gasteiger partial charge in [0, 0.05) is 12.5 Å². The van der Waals surface area contributed by atoms with Crippen LogP contribution in [0.5, 0.6) is 0 Å². The second kappa shape index (κ2) is 7.11. The first kappa shape index (κ1) is 15.5. The molecule has 1 saturated carbocycles. The van der Waals surface area contributed by atoms with Crippen LogP contribution in [0.4, 0.5) is 4.79 Å². The maximum absolute atomic E-state index is 11.6. The zero-order valence-corrected chi connectivity index (χ0v) is 11.4. The van der Waals surface area contributed by atoms with Gasteiger partial charge in [0.25, 0.3) is 0 Å². The molecule has 0 saturated heterocycles. The van der Waals surface area contributed by atoms with Gasteiger partial charge in [-0.1, -0.05) is 13.8 Å². The highest BCUT2D eigenvalue weighted by Gasteiger charge is 2.26. The van der Waals surface area contributed by atoms with Crippen molar-refractivity contribution in [3.05, 3.63) is 0 Å². The molecule has 0 bridgehead atoms. The summed E-state index contributed by atoms with van der Waals surface area (Å²) in [6.07, 6.45) is 2.61. The Kier molecular flexibility index (Phi) is 5.79. The number of carbonyl (C=O) groups is 3. The number of carbonyl (C=O) groups excluding carboxylic acids is 2. The van der Waals surface area contributed by atoms with Gasteiger partial charge in [-0.15, -0.1) is 0 Å². The summed E-state index contributed by atoms with van der Waals surface area (Å²) in [6.45, 7) is 4.29. The summed E-state index contributed by atoms with van der Waals surface area (Å²) in [5.41, 5.74) is 0. The van der Waals surface area contributed by atoms with Crippen molar-refractivity contribution in [1.29, 1.82) is 0 Å². The second-order valence-electron chi connectivity index (χ2n) is 5.42. The maximum Gasteiger partial charge on any atom is 0.321 e. The van der Waals surface area contributed by atoms with Gasteiger partial charge in [0.2, 0.25) is 5.91 Å². The Hall–Kier alpha value is -1.59. The smallest absolute Gasteiger partial charge is 0.321 e. The van der Waals surface area contributed by atoms with Crippen LogP contribution in [0.15, 0.2) is 0 Å². The van der Waals surface area contributed by atoms with Crippen LogP contribution in [0.1, 0.15) is 46.0 Å². The molecule has 0 heterocycles. The van der Waals surface area contributed by atoms with E-state index in [4.69, 9.17) is 5.11 Å². The largest absolute Gasteiger partial charge is 0.481 e. The standard InChI is InChI=1S/C13H22N2O4/c1-8-3-4-10(9(2)7-8)14-13(19)15-11(16)5-6-12(17)18/h8-10H,3-7H2,1-2H3,(H,17,18)(H2,14,15,16,19). The van der Waals surface area contributed by atoms with Gasteiger partial charge in [0.1, 0.15) is 0 Å². The summed E-state index contributed by atoms with van der Waals surface area (Å²) in [7, 11) is 0. The molecule has 0 aliphatic heterocycles. The predicted molar refractivity (Wildman–Crippen MR) is 69.5 cm³/mol. The van der Waals surface area contributed by atoms with E-state index in [0.29, 0.717) is 11.8 Å². The minimum absolute atomic E-state index is 0.0865. The summed E-state index contributed by atoms with van der Waals surface area (Å²) in [5.74, 6) is -0.542. The van der Waals surface area contributed by atoms with E-state index >= 15 is 0 Å². The lowest BCUT2D eigenvalue weighted by atomic mass is 9.80. The molecule has 3 atom stereocenters. The summed E-state index contributed by atoms with van der Waals surface area (Å²) in [4.78, 5) is 33.2. The Labute approximate surface area is 112 Å². The molecule has 3 unspecified atom stereocenters. The molecule has 0 aromatic carbocycles. The van der Waals surface area contributed by atoms with Gasteiger partial charge in [0.15, 0.2) is 0 Å². The van der Waals surface area contributed by atoms with E-state index < -0.39 is 17.9 Å². The second-order valence-corrected chi connectivity index (χ2v) is 5.42. The normalized spacial score (nSPS) is 26.5. The quantitative estimate of drug-likeness (QED) is 0.721. The number of imide groups is 1. The van der Waals surface area contributed by atoms with Crippen LogP contribution in [0, 0.1) is 11.8 Å². The van der Waals surface area contributed by atoms with Gasteiger partial charge in [-0.05, 0) is 31.1 Å². The number of urea groups is 1. The third kappa shape index (κ3) is 5.72. The fourth-order valence-corrected chi connectivity index (χ4v) is 2.49. The number of hydrogen-bond acceptors (Lipinski definition) is 3. The number of rotatable bonds is 4. The summed E-state index contributed by atoms with van der Waals surface area (Å²) in [5, 5.41) is 13.4. The van der Waals surface area contributed by atoms with Crippen molar-refractivity contribution < 1.29 is 19.5 Å². The molecule has 1 fully saturated rings. The van der Waals surface area contributed by atoms with E-state index in [9.17, 15) is 14.4 Å². The Morgan fingerprint density at radius 3 is 2.42 bits per heavy atom. The highest BCUT2D eigenvalue weighted by molar-refractivity contribution is 5.95. The fraction of sp³-hybridized carbons (Fsp3) is 0.769. The van der Waals surface area contributed by atoms with Gasteiger partial charge in [-0.25, -0.2) is 4.79 Å². The Morgan fingerprint density at radius 2 is 1.84 bits per heavy atom. The number of carboxylic acids is 1. The Balaban J connectivity index is 2.30. The molecule has 3 N–H and O–H groups in total. The molecule has 3 amide bonds. The van der Waals surface area contributed by atoms with Gasteiger partial charge < -0.3 is 10.4 Å². The molecule has 1 aliphatic carbocycles. The van der Waals surface area contributed by atoms with Crippen LogP contribution in [0.3, 0.4) is 0 Å². The molecule has 19 heavy (non-hydrogen) atoms. The topological polar surface area (TPSA) is 95.5 Å². The van der Waals surface area contributed by atoms with Crippen molar-refractivity contribution in [3.8, 4) is 0 Å². The van der Waals surface area contributed by atoms with Crippen LogP contribution in [-0.2, 0) is 9.59 Å². The third-order valence-electron chi connectivity index (χ3n) is 3.57. The van der Waals surface area contributed by atoms with Gasteiger partial charge in [-0.2, -0.15) is 0 Å². The molecule has 6 nitrogen and oxygen atoms in total. The Bertz CT molecular complexity index is 357. The number of aliphatic carboxylic acids is 1. The summed E-state index contributed by atoms with van der Waals surface area (Å²) < 4.78 is 0. The lowest BCUT2D eigenvalue weighted by Gasteiger charge is -2.32. The lowest BCUT2D eigenvalue weighted by molar-refractivity contribution is -0.138. The number of hydrogen-bond donors (Lipinski definition) is 3.